The second kappa shape index (κ2) is 6.76. The maximum atomic E-state index is 3.91. The zero-order chi connectivity index (χ0) is 13.9. The van der Waals surface area contributed by atoms with Gasteiger partial charge in [-0.25, -0.2) is 0 Å². The van der Waals surface area contributed by atoms with Crippen molar-refractivity contribution in [3.63, 3.8) is 0 Å². The van der Waals surface area contributed by atoms with Crippen molar-refractivity contribution in [1.29, 1.82) is 0 Å². The highest BCUT2D eigenvalue weighted by Crippen LogP contribution is 2.37. The lowest BCUT2D eigenvalue weighted by atomic mass is 9.90. The van der Waals surface area contributed by atoms with Gasteiger partial charge in [0.2, 0.25) is 0 Å². The van der Waals surface area contributed by atoms with Gasteiger partial charge in [0.1, 0.15) is 0 Å². The standard InChI is InChI=1S/C17H33N3/c1-3-20-9-4-5-15(8-10-20)18-13-14-11-16-6-7-17(12-14)19(16)2/h14-18H,3-13H2,1-2H3. The van der Waals surface area contributed by atoms with E-state index < -0.39 is 0 Å². The largest absolute Gasteiger partial charge is 0.314 e. The van der Waals surface area contributed by atoms with Crippen LogP contribution < -0.4 is 5.32 Å². The number of likely N-dealkylation sites (tertiary alicyclic amines) is 1. The van der Waals surface area contributed by atoms with E-state index in [2.05, 4.69) is 29.1 Å². The first-order valence-corrected chi connectivity index (χ1v) is 8.94. The van der Waals surface area contributed by atoms with E-state index in [1.807, 2.05) is 0 Å². The second-order valence-corrected chi connectivity index (χ2v) is 7.36. The fraction of sp³-hybridized carbons (Fsp3) is 1.00. The van der Waals surface area contributed by atoms with Crippen LogP contribution in [0.15, 0.2) is 0 Å². The molecule has 3 heterocycles. The van der Waals surface area contributed by atoms with Crippen LogP contribution in [0.3, 0.4) is 0 Å². The third-order valence-electron chi connectivity index (χ3n) is 6.16. The van der Waals surface area contributed by atoms with E-state index in [1.165, 1.54) is 71.1 Å². The van der Waals surface area contributed by atoms with Crippen molar-refractivity contribution in [2.24, 2.45) is 5.92 Å². The monoisotopic (exact) mass is 279 g/mol. The predicted octanol–water partition coefficient (Wildman–Crippen LogP) is 2.32. The Hall–Kier alpha value is -0.120. The van der Waals surface area contributed by atoms with Crippen LogP contribution in [0.2, 0.25) is 0 Å². The summed E-state index contributed by atoms with van der Waals surface area (Å²) in [5.74, 6) is 0.939. The van der Waals surface area contributed by atoms with Gasteiger partial charge in [0.15, 0.2) is 0 Å². The molecule has 3 fully saturated rings. The van der Waals surface area contributed by atoms with E-state index in [1.54, 1.807) is 0 Å². The minimum Gasteiger partial charge on any atom is -0.314 e. The van der Waals surface area contributed by atoms with Crippen molar-refractivity contribution in [2.45, 2.75) is 70.0 Å². The lowest BCUT2D eigenvalue weighted by Crippen LogP contribution is -2.44. The number of fused-ring (bicyclic) bond motifs is 2. The molecule has 20 heavy (non-hydrogen) atoms. The molecule has 0 aromatic heterocycles. The molecule has 0 aliphatic carbocycles. The number of hydrogen-bond donors (Lipinski definition) is 1. The Morgan fingerprint density at radius 3 is 2.45 bits per heavy atom. The Bertz CT molecular complexity index is 293. The molecule has 116 valence electrons. The van der Waals surface area contributed by atoms with Crippen LogP contribution in [0, 0.1) is 5.92 Å². The fourth-order valence-electron chi connectivity index (χ4n) is 4.70. The van der Waals surface area contributed by atoms with Crippen LogP contribution in [-0.2, 0) is 0 Å². The van der Waals surface area contributed by atoms with Gasteiger partial charge in [-0.15, -0.1) is 0 Å². The molecule has 0 amide bonds. The van der Waals surface area contributed by atoms with Crippen molar-refractivity contribution < 1.29 is 0 Å². The molecule has 1 N–H and O–H groups in total. The van der Waals surface area contributed by atoms with Gasteiger partial charge in [-0.1, -0.05) is 6.92 Å². The van der Waals surface area contributed by atoms with Crippen molar-refractivity contribution in [2.75, 3.05) is 33.2 Å². The number of piperidine rings is 1. The number of nitrogens with zero attached hydrogens (tertiary/aromatic N) is 2. The summed E-state index contributed by atoms with van der Waals surface area (Å²) in [4.78, 5) is 5.26. The number of hydrogen-bond acceptors (Lipinski definition) is 3. The van der Waals surface area contributed by atoms with E-state index in [9.17, 15) is 0 Å². The van der Waals surface area contributed by atoms with Gasteiger partial charge in [-0.2, -0.15) is 0 Å². The van der Waals surface area contributed by atoms with Gasteiger partial charge in [-0.3, -0.25) is 0 Å². The van der Waals surface area contributed by atoms with Gasteiger partial charge in [0.25, 0.3) is 0 Å². The Labute approximate surface area is 125 Å². The van der Waals surface area contributed by atoms with Crippen LogP contribution in [0.4, 0.5) is 0 Å². The highest BCUT2D eigenvalue weighted by Gasteiger charge is 2.38. The van der Waals surface area contributed by atoms with Gasteiger partial charge in [-0.05, 0) is 84.1 Å². The van der Waals surface area contributed by atoms with Crippen molar-refractivity contribution >= 4 is 0 Å². The first-order valence-electron chi connectivity index (χ1n) is 8.94. The summed E-state index contributed by atoms with van der Waals surface area (Å²) >= 11 is 0. The molecular formula is C17H33N3. The molecule has 0 aromatic rings. The Kier molecular flexibility index (Phi) is 5.00. The summed E-state index contributed by atoms with van der Waals surface area (Å²) in [6, 6.07) is 2.57. The lowest BCUT2D eigenvalue weighted by Gasteiger charge is -2.37. The zero-order valence-corrected chi connectivity index (χ0v) is 13.5. The second-order valence-electron chi connectivity index (χ2n) is 7.36. The molecule has 2 bridgehead atoms. The van der Waals surface area contributed by atoms with Gasteiger partial charge < -0.3 is 15.1 Å². The average molecular weight is 279 g/mol. The summed E-state index contributed by atoms with van der Waals surface area (Å²) < 4.78 is 0. The molecule has 3 aliphatic heterocycles. The molecule has 3 heteroatoms. The molecule has 3 rings (SSSR count). The first-order chi connectivity index (χ1) is 9.76. The quantitative estimate of drug-likeness (QED) is 0.852. The third-order valence-corrected chi connectivity index (χ3v) is 6.16. The topological polar surface area (TPSA) is 18.5 Å². The smallest absolute Gasteiger partial charge is 0.00988 e. The normalized spacial score (nSPS) is 39.9. The number of rotatable bonds is 4. The van der Waals surface area contributed by atoms with E-state index >= 15 is 0 Å². The van der Waals surface area contributed by atoms with Gasteiger partial charge in [0.05, 0.1) is 0 Å². The molecule has 3 nitrogen and oxygen atoms in total. The van der Waals surface area contributed by atoms with Crippen LogP contribution >= 0.6 is 0 Å². The van der Waals surface area contributed by atoms with Crippen LogP contribution in [0.25, 0.3) is 0 Å². The molecule has 3 unspecified atom stereocenters. The van der Waals surface area contributed by atoms with Crippen LogP contribution in [0.1, 0.15) is 51.9 Å². The summed E-state index contributed by atoms with van der Waals surface area (Å²) in [7, 11) is 2.34. The lowest BCUT2D eigenvalue weighted by molar-refractivity contribution is 0.130. The predicted molar refractivity (Wildman–Crippen MR) is 85.1 cm³/mol. The minimum atomic E-state index is 0.781. The third kappa shape index (κ3) is 3.37. The Morgan fingerprint density at radius 1 is 1.00 bits per heavy atom. The molecule has 3 saturated heterocycles. The summed E-state index contributed by atoms with van der Waals surface area (Å²) in [5, 5.41) is 3.91. The minimum absolute atomic E-state index is 0.781. The molecule has 0 spiro atoms. The molecule has 3 atom stereocenters. The highest BCUT2D eigenvalue weighted by atomic mass is 15.2. The van der Waals surface area contributed by atoms with E-state index in [0.717, 1.165) is 24.0 Å². The summed E-state index contributed by atoms with van der Waals surface area (Å²) in [5.41, 5.74) is 0. The molecule has 0 radical (unpaired) electrons. The summed E-state index contributed by atoms with van der Waals surface area (Å²) in [6.45, 7) is 7.41. The van der Waals surface area contributed by atoms with E-state index in [-0.39, 0.29) is 0 Å². The molecule has 3 aliphatic rings. The summed E-state index contributed by atoms with van der Waals surface area (Å²) in [6.07, 6.45) is 9.90. The molecular weight excluding hydrogens is 246 g/mol. The van der Waals surface area contributed by atoms with Crippen molar-refractivity contribution in [3.05, 3.63) is 0 Å². The van der Waals surface area contributed by atoms with Crippen molar-refractivity contribution in [3.8, 4) is 0 Å². The highest BCUT2D eigenvalue weighted by molar-refractivity contribution is 4.94. The average Bonchev–Trinajstić information content (AvgIpc) is 2.70. The first kappa shape index (κ1) is 14.8. The van der Waals surface area contributed by atoms with Crippen molar-refractivity contribution in [1.82, 2.24) is 15.1 Å². The Balaban J connectivity index is 1.41. The van der Waals surface area contributed by atoms with Gasteiger partial charge >= 0.3 is 0 Å². The zero-order valence-electron chi connectivity index (χ0n) is 13.5. The maximum absolute atomic E-state index is 3.91. The van der Waals surface area contributed by atoms with E-state index in [4.69, 9.17) is 0 Å². The van der Waals surface area contributed by atoms with Crippen LogP contribution in [-0.4, -0.2) is 61.2 Å². The number of nitrogens with one attached hydrogen (secondary N) is 1. The maximum Gasteiger partial charge on any atom is 0.00988 e. The van der Waals surface area contributed by atoms with E-state index in [0.29, 0.717) is 0 Å². The Morgan fingerprint density at radius 2 is 1.75 bits per heavy atom. The SMILES string of the molecule is CCN1CCCC(NCC2CC3CCC(C2)N3C)CC1. The van der Waals surface area contributed by atoms with Crippen LogP contribution in [0.5, 0.6) is 0 Å². The molecule has 0 aromatic carbocycles. The molecule has 0 saturated carbocycles. The fourth-order valence-corrected chi connectivity index (χ4v) is 4.70. The van der Waals surface area contributed by atoms with Gasteiger partial charge in [0, 0.05) is 18.1 Å².